The van der Waals surface area contributed by atoms with E-state index in [-0.39, 0.29) is 6.04 Å². The summed E-state index contributed by atoms with van der Waals surface area (Å²) in [4.78, 5) is 8.79. The van der Waals surface area contributed by atoms with Crippen LogP contribution in [0.15, 0.2) is 23.2 Å². The number of thiophene rings is 1. The van der Waals surface area contributed by atoms with Crippen LogP contribution in [0.3, 0.4) is 0 Å². The highest BCUT2D eigenvalue weighted by atomic mass is 32.1. The first-order chi connectivity index (χ1) is 9.76. The Bertz CT molecular complexity index is 525. The van der Waals surface area contributed by atoms with E-state index in [1.807, 2.05) is 0 Å². The number of hydrogen-bond donors (Lipinski definition) is 2. The minimum atomic E-state index is 0.251. The molecule has 0 spiro atoms. The van der Waals surface area contributed by atoms with Crippen LogP contribution in [0.25, 0.3) is 0 Å². The van der Waals surface area contributed by atoms with E-state index >= 15 is 0 Å². The topological polar surface area (TPSA) is 49.8 Å². The van der Waals surface area contributed by atoms with E-state index in [2.05, 4.69) is 58.2 Å². The molecule has 1 atom stereocenters. The Hall–Kier alpha value is -1.62. The summed E-state index contributed by atoms with van der Waals surface area (Å²) < 4.78 is 0. The molecule has 2 rings (SSSR count). The molecule has 0 aliphatic carbocycles. The summed E-state index contributed by atoms with van der Waals surface area (Å²) >= 11 is 1.72. The second-order valence-corrected chi connectivity index (χ2v) is 5.53. The van der Waals surface area contributed by atoms with Crippen molar-refractivity contribution in [3.8, 4) is 0 Å². The summed E-state index contributed by atoms with van der Waals surface area (Å²) in [6.45, 7) is 7.29. The molecule has 0 bridgehead atoms. The Labute approximate surface area is 124 Å². The smallest absolute Gasteiger partial charge is 0.135 e. The number of hydrogen-bond acceptors (Lipinski definition) is 5. The molecule has 0 saturated heterocycles. The van der Waals surface area contributed by atoms with Gasteiger partial charge in [0.25, 0.3) is 0 Å². The Kier molecular flexibility index (Phi) is 5.35. The molecular formula is C15H22N4S. The molecule has 2 heterocycles. The van der Waals surface area contributed by atoms with Crippen LogP contribution in [0.1, 0.15) is 44.4 Å². The average Bonchev–Trinajstić information content (AvgIpc) is 2.97. The number of anilines is 2. The third-order valence-corrected chi connectivity index (χ3v) is 3.89. The molecule has 5 heteroatoms. The van der Waals surface area contributed by atoms with E-state index in [0.717, 1.165) is 31.0 Å². The number of nitrogens with zero attached hydrogens (tertiary/aromatic N) is 2. The Morgan fingerprint density at radius 1 is 1.25 bits per heavy atom. The summed E-state index contributed by atoms with van der Waals surface area (Å²) in [6, 6.07) is 2.40. The molecule has 0 aliphatic heterocycles. The predicted octanol–water partition coefficient (Wildman–Crippen LogP) is 4.10. The molecule has 2 aromatic rings. The van der Waals surface area contributed by atoms with Crippen molar-refractivity contribution in [1.82, 2.24) is 9.97 Å². The monoisotopic (exact) mass is 290 g/mol. The van der Waals surface area contributed by atoms with Crippen LogP contribution in [0, 0.1) is 0 Å². The first-order valence-electron chi connectivity index (χ1n) is 7.12. The van der Waals surface area contributed by atoms with Crippen molar-refractivity contribution < 1.29 is 0 Å². The van der Waals surface area contributed by atoms with Gasteiger partial charge >= 0.3 is 0 Å². The zero-order valence-electron chi connectivity index (χ0n) is 12.3. The van der Waals surface area contributed by atoms with E-state index in [9.17, 15) is 0 Å². The lowest BCUT2D eigenvalue weighted by molar-refractivity contribution is 0.849. The largest absolute Gasteiger partial charge is 0.370 e. The molecule has 0 saturated carbocycles. The van der Waals surface area contributed by atoms with Crippen LogP contribution in [-0.4, -0.2) is 16.5 Å². The molecule has 0 aliphatic rings. The van der Waals surface area contributed by atoms with Crippen molar-refractivity contribution in [1.29, 1.82) is 0 Å². The van der Waals surface area contributed by atoms with Crippen LogP contribution < -0.4 is 10.6 Å². The van der Waals surface area contributed by atoms with Crippen molar-refractivity contribution in [3.05, 3.63) is 34.3 Å². The highest BCUT2D eigenvalue weighted by molar-refractivity contribution is 7.07. The third-order valence-electron chi connectivity index (χ3n) is 3.19. The van der Waals surface area contributed by atoms with E-state index in [0.29, 0.717) is 0 Å². The van der Waals surface area contributed by atoms with Crippen molar-refractivity contribution in [3.63, 3.8) is 0 Å². The minimum Gasteiger partial charge on any atom is -0.370 e. The van der Waals surface area contributed by atoms with Gasteiger partial charge in [-0.05, 0) is 42.7 Å². The maximum Gasteiger partial charge on any atom is 0.135 e. The molecule has 2 N–H and O–H groups in total. The Morgan fingerprint density at radius 3 is 2.70 bits per heavy atom. The van der Waals surface area contributed by atoms with Gasteiger partial charge in [0.1, 0.15) is 18.0 Å². The number of rotatable bonds is 7. The molecule has 20 heavy (non-hydrogen) atoms. The van der Waals surface area contributed by atoms with Gasteiger partial charge in [0.05, 0.1) is 6.04 Å². The van der Waals surface area contributed by atoms with Crippen LogP contribution in [-0.2, 0) is 6.42 Å². The normalized spacial score (nSPS) is 12.2. The third kappa shape index (κ3) is 3.48. The fourth-order valence-electron chi connectivity index (χ4n) is 2.15. The molecule has 0 aromatic carbocycles. The van der Waals surface area contributed by atoms with E-state index < -0.39 is 0 Å². The van der Waals surface area contributed by atoms with Crippen LogP contribution in [0.5, 0.6) is 0 Å². The van der Waals surface area contributed by atoms with Gasteiger partial charge in [0.15, 0.2) is 0 Å². The first-order valence-corrected chi connectivity index (χ1v) is 8.06. The van der Waals surface area contributed by atoms with Crippen molar-refractivity contribution in [2.45, 2.75) is 39.7 Å². The summed E-state index contributed by atoms with van der Waals surface area (Å²) in [6.07, 6.45) is 3.68. The lowest BCUT2D eigenvalue weighted by Gasteiger charge is -2.18. The second-order valence-electron chi connectivity index (χ2n) is 4.75. The molecule has 2 aromatic heterocycles. The van der Waals surface area contributed by atoms with Gasteiger partial charge in [-0.25, -0.2) is 9.97 Å². The van der Waals surface area contributed by atoms with Crippen LogP contribution in [0.2, 0.25) is 0 Å². The molecule has 0 amide bonds. The van der Waals surface area contributed by atoms with Crippen LogP contribution in [0.4, 0.5) is 11.6 Å². The number of aromatic nitrogens is 2. The lowest BCUT2D eigenvalue weighted by Crippen LogP contribution is -2.12. The van der Waals surface area contributed by atoms with Crippen molar-refractivity contribution in [2.24, 2.45) is 0 Å². The minimum absolute atomic E-state index is 0.251. The second kappa shape index (κ2) is 7.24. The van der Waals surface area contributed by atoms with E-state index in [4.69, 9.17) is 0 Å². The predicted molar refractivity (Wildman–Crippen MR) is 86.5 cm³/mol. The molecule has 1 unspecified atom stereocenters. The van der Waals surface area contributed by atoms with Crippen LogP contribution >= 0.6 is 11.3 Å². The zero-order valence-corrected chi connectivity index (χ0v) is 13.1. The maximum absolute atomic E-state index is 4.43. The fraction of sp³-hybridized carbons (Fsp3) is 0.467. The number of nitrogens with one attached hydrogen (secondary N) is 2. The van der Waals surface area contributed by atoms with Crippen molar-refractivity contribution in [2.75, 3.05) is 17.2 Å². The lowest BCUT2D eigenvalue weighted by atomic mass is 10.1. The Balaban J connectivity index is 2.23. The van der Waals surface area contributed by atoms with Gasteiger partial charge in [-0.15, -0.1) is 0 Å². The summed E-state index contributed by atoms with van der Waals surface area (Å²) in [5.41, 5.74) is 2.47. The Morgan fingerprint density at radius 2 is 2.05 bits per heavy atom. The molecule has 108 valence electrons. The fourth-order valence-corrected chi connectivity index (χ4v) is 2.91. The molecule has 4 nitrogen and oxygen atoms in total. The summed E-state index contributed by atoms with van der Waals surface area (Å²) in [5, 5.41) is 11.1. The standard InChI is InChI=1S/C15H22N4S/c1-4-6-13-14(16-5-2)17-10-18-15(13)19-11(3)12-7-8-20-9-12/h7-11H,4-6H2,1-3H3,(H2,16,17,18,19). The van der Waals surface area contributed by atoms with Gasteiger partial charge in [-0.3, -0.25) is 0 Å². The quantitative estimate of drug-likeness (QED) is 0.806. The van der Waals surface area contributed by atoms with Crippen molar-refractivity contribution >= 4 is 23.0 Å². The highest BCUT2D eigenvalue weighted by Gasteiger charge is 2.13. The zero-order chi connectivity index (χ0) is 14.4. The SMILES string of the molecule is CCCc1c(NCC)ncnc1NC(C)c1ccsc1. The molecular weight excluding hydrogens is 268 g/mol. The van der Waals surface area contributed by atoms with E-state index in [1.54, 1.807) is 17.7 Å². The maximum atomic E-state index is 4.43. The summed E-state index contributed by atoms with van der Waals surface area (Å²) in [7, 11) is 0. The highest BCUT2D eigenvalue weighted by Crippen LogP contribution is 2.26. The average molecular weight is 290 g/mol. The molecule has 0 radical (unpaired) electrons. The van der Waals surface area contributed by atoms with Gasteiger partial charge < -0.3 is 10.6 Å². The van der Waals surface area contributed by atoms with Gasteiger partial charge in [0.2, 0.25) is 0 Å². The molecule has 0 fully saturated rings. The first kappa shape index (κ1) is 14.8. The van der Waals surface area contributed by atoms with Gasteiger partial charge in [-0.1, -0.05) is 13.3 Å². The van der Waals surface area contributed by atoms with Gasteiger partial charge in [0, 0.05) is 12.1 Å². The van der Waals surface area contributed by atoms with E-state index in [1.165, 1.54) is 11.1 Å². The summed E-state index contributed by atoms with van der Waals surface area (Å²) in [5.74, 6) is 1.89. The van der Waals surface area contributed by atoms with Gasteiger partial charge in [-0.2, -0.15) is 11.3 Å².